The number of piperidine rings is 1. The van der Waals surface area contributed by atoms with Crippen LogP contribution in [0, 0.1) is 0 Å². The second-order valence-corrected chi connectivity index (χ2v) is 9.40. The number of hydrogen-bond acceptors (Lipinski definition) is 6. The molecular weight excluding hydrogens is 434 g/mol. The molecule has 174 valence electrons. The monoisotopic (exact) mass is 465 g/mol. The number of nitrogens with one attached hydrogen (secondary N) is 1. The van der Waals surface area contributed by atoms with Crippen LogP contribution >= 0.6 is 11.8 Å². The zero-order chi connectivity index (χ0) is 23.2. The highest BCUT2D eigenvalue weighted by molar-refractivity contribution is 8.00. The molecule has 0 spiro atoms. The molecule has 8 heteroatoms. The van der Waals surface area contributed by atoms with E-state index < -0.39 is 0 Å². The van der Waals surface area contributed by atoms with Gasteiger partial charge in [0.1, 0.15) is 5.75 Å². The van der Waals surface area contributed by atoms with Gasteiger partial charge in [0.25, 0.3) is 0 Å². The highest BCUT2D eigenvalue weighted by Crippen LogP contribution is 2.32. The number of ether oxygens (including phenoxy) is 1. The zero-order valence-corrected chi connectivity index (χ0v) is 20.3. The van der Waals surface area contributed by atoms with Gasteiger partial charge >= 0.3 is 0 Å². The van der Waals surface area contributed by atoms with Crippen molar-refractivity contribution >= 4 is 29.0 Å². The van der Waals surface area contributed by atoms with E-state index in [9.17, 15) is 4.79 Å². The van der Waals surface area contributed by atoms with Gasteiger partial charge in [0.05, 0.1) is 17.9 Å². The van der Waals surface area contributed by atoms with Crippen molar-refractivity contribution in [2.75, 3.05) is 30.4 Å². The van der Waals surface area contributed by atoms with Crippen LogP contribution in [-0.4, -0.2) is 46.1 Å². The lowest BCUT2D eigenvalue weighted by molar-refractivity contribution is -0.115. The molecule has 33 heavy (non-hydrogen) atoms. The molecule has 1 fully saturated rings. The number of carbonyl (C=O) groups excluding carboxylic acids is 1. The summed E-state index contributed by atoms with van der Waals surface area (Å²) in [5.74, 6) is 1.42. The number of thioether (sulfide) groups is 1. The number of methoxy groups -OCH3 is 1. The maximum Gasteiger partial charge on any atom is 0.237 e. The van der Waals surface area contributed by atoms with E-state index in [1.54, 1.807) is 7.11 Å². The van der Waals surface area contributed by atoms with E-state index in [-0.39, 0.29) is 11.2 Å². The number of rotatable bonds is 8. The minimum absolute atomic E-state index is 0.0600. The van der Waals surface area contributed by atoms with Gasteiger partial charge in [-0.3, -0.25) is 4.79 Å². The molecular formula is C25H31N5O2S. The predicted octanol–water partition coefficient (Wildman–Crippen LogP) is 5.08. The van der Waals surface area contributed by atoms with Gasteiger partial charge in [-0.15, -0.1) is 10.2 Å². The molecule has 1 saturated heterocycles. The molecule has 1 aliphatic rings. The summed E-state index contributed by atoms with van der Waals surface area (Å²) in [5, 5.41) is 12.2. The molecule has 2 heterocycles. The fraction of sp³-hybridized carbons (Fsp3) is 0.400. The third-order valence-electron chi connectivity index (χ3n) is 5.89. The Bertz CT molecular complexity index is 1080. The van der Waals surface area contributed by atoms with Gasteiger partial charge in [-0.05, 0) is 69.5 Å². The van der Waals surface area contributed by atoms with Crippen LogP contribution in [0.5, 0.6) is 5.75 Å². The van der Waals surface area contributed by atoms with Crippen molar-refractivity contribution in [1.82, 2.24) is 14.8 Å². The molecule has 0 aliphatic carbocycles. The van der Waals surface area contributed by atoms with Crippen LogP contribution in [0.3, 0.4) is 0 Å². The van der Waals surface area contributed by atoms with Crippen molar-refractivity contribution in [2.45, 2.75) is 50.1 Å². The molecule has 1 aliphatic heterocycles. The Labute approximate surface area is 199 Å². The Balaban J connectivity index is 1.42. The lowest BCUT2D eigenvalue weighted by Crippen LogP contribution is -2.29. The first-order chi connectivity index (χ1) is 16.1. The summed E-state index contributed by atoms with van der Waals surface area (Å²) in [6.07, 6.45) is 3.80. The molecule has 4 rings (SSSR count). The first-order valence-corrected chi connectivity index (χ1v) is 12.4. The van der Waals surface area contributed by atoms with Crippen LogP contribution in [0.15, 0.2) is 53.7 Å². The van der Waals surface area contributed by atoms with E-state index in [0.717, 1.165) is 35.9 Å². The number of aromatic nitrogens is 3. The summed E-state index contributed by atoms with van der Waals surface area (Å²) in [7, 11) is 1.65. The van der Waals surface area contributed by atoms with E-state index in [2.05, 4.69) is 32.5 Å². The summed E-state index contributed by atoms with van der Waals surface area (Å²) >= 11 is 1.41. The smallest absolute Gasteiger partial charge is 0.237 e. The number of benzene rings is 2. The predicted molar refractivity (Wildman–Crippen MR) is 134 cm³/mol. The van der Waals surface area contributed by atoms with Crippen molar-refractivity contribution in [3.63, 3.8) is 0 Å². The molecule has 2 aromatic carbocycles. The largest absolute Gasteiger partial charge is 0.496 e. The number of anilines is 2. The van der Waals surface area contributed by atoms with E-state index in [0.29, 0.717) is 11.7 Å². The second kappa shape index (κ2) is 10.7. The molecule has 0 radical (unpaired) electrons. The number of amides is 1. The first kappa shape index (κ1) is 23.2. The van der Waals surface area contributed by atoms with Crippen LogP contribution in [0.1, 0.15) is 33.1 Å². The number of carbonyl (C=O) groups is 1. The molecule has 0 bridgehead atoms. The van der Waals surface area contributed by atoms with Gasteiger partial charge in [-0.2, -0.15) is 0 Å². The zero-order valence-electron chi connectivity index (χ0n) is 19.5. The summed E-state index contributed by atoms with van der Waals surface area (Å²) in [6, 6.07) is 15.9. The van der Waals surface area contributed by atoms with E-state index >= 15 is 0 Å². The third-order valence-corrected chi connectivity index (χ3v) is 6.97. The van der Waals surface area contributed by atoms with Gasteiger partial charge in [-0.25, -0.2) is 0 Å². The fourth-order valence-electron chi connectivity index (χ4n) is 4.05. The Kier molecular flexibility index (Phi) is 7.54. The number of hydrogen-bond donors (Lipinski definition) is 1. The van der Waals surface area contributed by atoms with Crippen molar-refractivity contribution in [1.29, 1.82) is 0 Å². The Morgan fingerprint density at radius 3 is 2.52 bits per heavy atom. The van der Waals surface area contributed by atoms with Crippen LogP contribution < -0.4 is 15.0 Å². The maximum absolute atomic E-state index is 12.9. The number of nitrogens with zero attached hydrogens (tertiary/aromatic N) is 4. The van der Waals surface area contributed by atoms with Gasteiger partial charge in [0.15, 0.2) is 11.0 Å². The molecule has 1 unspecified atom stereocenters. The van der Waals surface area contributed by atoms with Crippen LogP contribution in [0.2, 0.25) is 0 Å². The minimum Gasteiger partial charge on any atom is -0.496 e. The van der Waals surface area contributed by atoms with E-state index in [1.165, 1.54) is 36.7 Å². The summed E-state index contributed by atoms with van der Waals surface area (Å²) in [5.41, 5.74) is 2.90. The third kappa shape index (κ3) is 5.33. The standard InChI is InChI=1S/C25H31N5O2S/c1-4-30-23(21-10-6-7-11-22(21)32-3)27-28-25(30)33-18(2)24(31)26-19-12-14-20(15-13-19)29-16-8-5-9-17-29/h6-7,10-15,18H,4-5,8-9,16-17H2,1-3H3,(H,26,31). The lowest BCUT2D eigenvalue weighted by Gasteiger charge is -2.28. The fourth-order valence-corrected chi connectivity index (χ4v) is 4.97. The van der Waals surface area contributed by atoms with Gasteiger partial charge < -0.3 is 19.5 Å². The Morgan fingerprint density at radius 2 is 1.82 bits per heavy atom. The quantitative estimate of drug-likeness (QED) is 0.468. The lowest BCUT2D eigenvalue weighted by atomic mass is 10.1. The van der Waals surface area contributed by atoms with Crippen molar-refractivity contribution in [3.8, 4) is 17.1 Å². The van der Waals surface area contributed by atoms with Crippen molar-refractivity contribution in [2.24, 2.45) is 0 Å². The normalized spacial score (nSPS) is 14.7. The Hall–Kier alpha value is -3.00. The number of para-hydroxylation sites is 1. The molecule has 1 amide bonds. The minimum atomic E-state index is -0.327. The molecule has 0 saturated carbocycles. The maximum atomic E-state index is 12.9. The summed E-state index contributed by atoms with van der Waals surface area (Å²) in [4.78, 5) is 15.3. The highest BCUT2D eigenvalue weighted by Gasteiger charge is 2.22. The molecule has 1 N–H and O–H groups in total. The Morgan fingerprint density at radius 1 is 1.09 bits per heavy atom. The second-order valence-electron chi connectivity index (χ2n) is 8.09. The van der Waals surface area contributed by atoms with Crippen molar-refractivity contribution < 1.29 is 9.53 Å². The SMILES string of the molecule is CCn1c(SC(C)C(=O)Nc2ccc(N3CCCCC3)cc2)nnc1-c1ccccc1OC. The molecule has 1 atom stereocenters. The van der Waals surface area contributed by atoms with E-state index in [4.69, 9.17) is 4.74 Å². The highest BCUT2D eigenvalue weighted by atomic mass is 32.2. The van der Waals surface area contributed by atoms with Gasteiger partial charge in [0, 0.05) is 31.0 Å². The average Bonchev–Trinajstić information content (AvgIpc) is 3.27. The van der Waals surface area contributed by atoms with E-state index in [1.807, 2.05) is 54.8 Å². The summed E-state index contributed by atoms with van der Waals surface area (Å²) < 4.78 is 7.50. The first-order valence-electron chi connectivity index (χ1n) is 11.5. The van der Waals surface area contributed by atoms with Crippen LogP contribution in [0.25, 0.3) is 11.4 Å². The molecule has 7 nitrogen and oxygen atoms in total. The van der Waals surface area contributed by atoms with Crippen LogP contribution in [-0.2, 0) is 11.3 Å². The van der Waals surface area contributed by atoms with Crippen molar-refractivity contribution in [3.05, 3.63) is 48.5 Å². The summed E-state index contributed by atoms with van der Waals surface area (Å²) in [6.45, 7) is 6.83. The average molecular weight is 466 g/mol. The van der Waals surface area contributed by atoms with Gasteiger partial charge in [-0.1, -0.05) is 23.9 Å². The molecule has 1 aromatic heterocycles. The van der Waals surface area contributed by atoms with Crippen LogP contribution in [0.4, 0.5) is 11.4 Å². The topological polar surface area (TPSA) is 72.3 Å². The molecule has 3 aromatic rings. The van der Waals surface area contributed by atoms with Gasteiger partial charge in [0.2, 0.25) is 5.91 Å².